The maximum absolute atomic E-state index is 11.9. The number of nitrogens with one attached hydrogen (secondary N) is 1. The second-order valence-corrected chi connectivity index (χ2v) is 6.34. The molecule has 3 rings (SSSR count). The molecular weight excluding hydrogens is 284 g/mol. The van der Waals surface area contributed by atoms with Crippen LogP contribution in [-0.4, -0.2) is 30.4 Å². The van der Waals surface area contributed by atoms with Crippen molar-refractivity contribution in [3.63, 3.8) is 0 Å². The summed E-state index contributed by atoms with van der Waals surface area (Å²) in [5.41, 5.74) is 1.39. The molecule has 1 fully saturated rings. The molecule has 0 aliphatic carbocycles. The first-order valence-corrected chi connectivity index (χ1v) is 8.30. The summed E-state index contributed by atoms with van der Waals surface area (Å²) in [7, 11) is 0. The number of hydrogen-bond donors (Lipinski definition) is 1. The van der Waals surface area contributed by atoms with E-state index in [0.29, 0.717) is 11.7 Å². The maximum Gasteiger partial charge on any atom is 0.286 e. The minimum absolute atomic E-state index is 0.116. The van der Waals surface area contributed by atoms with Crippen LogP contribution in [0.4, 0.5) is 0 Å². The smallest absolute Gasteiger partial charge is 0.286 e. The standard InChI is InChI=1S/C16H20N2O2S/c19-16(15-4-2-7-20-15)17-9-13-3-1-6-18(10-13)11-14-5-8-21-12-14/h2,4-5,7-8,12-13H,1,3,6,9-11H2,(H,17,19)/t13-/m0/s1. The van der Waals surface area contributed by atoms with Gasteiger partial charge in [0, 0.05) is 19.6 Å². The molecular formula is C16H20N2O2S. The van der Waals surface area contributed by atoms with Gasteiger partial charge in [0.1, 0.15) is 0 Å². The van der Waals surface area contributed by atoms with Crippen LogP contribution in [0.15, 0.2) is 39.6 Å². The van der Waals surface area contributed by atoms with E-state index in [1.807, 2.05) is 0 Å². The first-order chi connectivity index (χ1) is 10.3. The second-order valence-electron chi connectivity index (χ2n) is 5.56. The zero-order valence-corrected chi connectivity index (χ0v) is 12.8. The third kappa shape index (κ3) is 3.95. The van der Waals surface area contributed by atoms with Crippen LogP contribution < -0.4 is 5.32 Å². The lowest BCUT2D eigenvalue weighted by molar-refractivity contribution is 0.0903. The molecule has 0 radical (unpaired) electrons. The molecule has 0 spiro atoms. The largest absolute Gasteiger partial charge is 0.459 e. The Hall–Kier alpha value is -1.59. The molecule has 1 N–H and O–H groups in total. The van der Waals surface area contributed by atoms with Gasteiger partial charge in [0.25, 0.3) is 5.91 Å². The van der Waals surface area contributed by atoms with Crippen LogP contribution in [0, 0.1) is 5.92 Å². The predicted octanol–water partition coefficient (Wildman–Crippen LogP) is 2.98. The third-order valence-corrected chi connectivity index (χ3v) is 4.62. The first-order valence-electron chi connectivity index (χ1n) is 7.36. The van der Waals surface area contributed by atoms with E-state index in [1.165, 1.54) is 24.7 Å². The number of rotatable bonds is 5. The van der Waals surface area contributed by atoms with Crippen molar-refractivity contribution in [1.29, 1.82) is 0 Å². The number of likely N-dealkylation sites (tertiary alicyclic amines) is 1. The number of piperidine rings is 1. The minimum Gasteiger partial charge on any atom is -0.459 e. The topological polar surface area (TPSA) is 45.5 Å². The van der Waals surface area contributed by atoms with Gasteiger partial charge >= 0.3 is 0 Å². The number of thiophene rings is 1. The van der Waals surface area contributed by atoms with E-state index in [-0.39, 0.29) is 5.91 Å². The van der Waals surface area contributed by atoms with Crippen molar-refractivity contribution in [2.24, 2.45) is 5.92 Å². The van der Waals surface area contributed by atoms with Gasteiger partial charge < -0.3 is 9.73 Å². The van der Waals surface area contributed by atoms with Crippen LogP contribution in [0.2, 0.25) is 0 Å². The lowest BCUT2D eigenvalue weighted by atomic mass is 9.97. The molecule has 2 aromatic rings. The van der Waals surface area contributed by atoms with E-state index < -0.39 is 0 Å². The van der Waals surface area contributed by atoms with Crippen LogP contribution in [0.3, 0.4) is 0 Å². The molecule has 1 saturated heterocycles. The summed E-state index contributed by atoms with van der Waals surface area (Å²) >= 11 is 1.75. The van der Waals surface area contributed by atoms with Gasteiger partial charge in [0.05, 0.1) is 6.26 Å². The van der Waals surface area contributed by atoms with E-state index in [0.717, 1.165) is 26.2 Å². The molecule has 4 nitrogen and oxygen atoms in total. The monoisotopic (exact) mass is 304 g/mol. The fourth-order valence-electron chi connectivity index (χ4n) is 2.83. The lowest BCUT2D eigenvalue weighted by Gasteiger charge is -2.32. The molecule has 0 unspecified atom stereocenters. The quantitative estimate of drug-likeness (QED) is 0.923. The SMILES string of the molecule is O=C(NC[C@@H]1CCCN(Cc2ccsc2)C1)c1ccco1. The molecule has 2 aromatic heterocycles. The molecule has 5 heteroatoms. The molecule has 112 valence electrons. The van der Waals surface area contributed by atoms with E-state index >= 15 is 0 Å². The van der Waals surface area contributed by atoms with Crippen molar-refractivity contribution >= 4 is 17.2 Å². The van der Waals surface area contributed by atoms with Gasteiger partial charge in [0.15, 0.2) is 5.76 Å². The summed E-state index contributed by atoms with van der Waals surface area (Å²) in [5.74, 6) is 0.798. The Morgan fingerprint density at radius 3 is 3.19 bits per heavy atom. The van der Waals surface area contributed by atoms with Gasteiger partial charge in [-0.05, 0) is 59.8 Å². The fraction of sp³-hybridized carbons (Fsp3) is 0.438. The van der Waals surface area contributed by atoms with Crippen molar-refractivity contribution in [2.75, 3.05) is 19.6 Å². The van der Waals surface area contributed by atoms with Crippen LogP contribution in [-0.2, 0) is 6.54 Å². The zero-order valence-electron chi connectivity index (χ0n) is 12.0. The van der Waals surface area contributed by atoms with Gasteiger partial charge in [-0.2, -0.15) is 11.3 Å². The Kier molecular flexibility index (Phi) is 4.72. The van der Waals surface area contributed by atoms with E-state index in [2.05, 4.69) is 27.0 Å². The lowest BCUT2D eigenvalue weighted by Crippen LogP contribution is -2.40. The average Bonchev–Trinajstić information content (AvgIpc) is 3.18. The predicted molar refractivity (Wildman–Crippen MR) is 83.4 cm³/mol. The molecule has 0 bridgehead atoms. The number of amides is 1. The summed E-state index contributed by atoms with van der Waals surface area (Å²) in [6, 6.07) is 5.62. The van der Waals surface area contributed by atoms with Crippen LogP contribution in [0.25, 0.3) is 0 Å². The van der Waals surface area contributed by atoms with Crippen molar-refractivity contribution in [3.8, 4) is 0 Å². The molecule has 0 saturated carbocycles. The van der Waals surface area contributed by atoms with Gasteiger partial charge in [-0.25, -0.2) is 0 Å². The van der Waals surface area contributed by atoms with Gasteiger partial charge in [-0.15, -0.1) is 0 Å². The Morgan fingerprint density at radius 1 is 1.48 bits per heavy atom. The van der Waals surface area contributed by atoms with Crippen LogP contribution in [0.1, 0.15) is 29.0 Å². The summed E-state index contributed by atoms with van der Waals surface area (Å²) in [4.78, 5) is 14.4. The molecule has 1 atom stereocenters. The van der Waals surface area contributed by atoms with E-state index in [9.17, 15) is 4.79 Å². The Bertz CT molecular complexity index is 551. The highest BCUT2D eigenvalue weighted by atomic mass is 32.1. The Labute approximate surface area is 128 Å². The van der Waals surface area contributed by atoms with Crippen molar-refractivity contribution in [2.45, 2.75) is 19.4 Å². The van der Waals surface area contributed by atoms with Crippen molar-refractivity contribution < 1.29 is 9.21 Å². The summed E-state index contributed by atoms with van der Waals surface area (Å²) in [5, 5.41) is 7.31. The number of hydrogen-bond acceptors (Lipinski definition) is 4. The first kappa shape index (κ1) is 14.4. The van der Waals surface area contributed by atoms with Crippen molar-refractivity contribution in [3.05, 3.63) is 46.5 Å². The van der Waals surface area contributed by atoms with Crippen LogP contribution in [0.5, 0.6) is 0 Å². The van der Waals surface area contributed by atoms with Crippen LogP contribution >= 0.6 is 11.3 Å². The van der Waals surface area contributed by atoms with Gasteiger partial charge in [-0.3, -0.25) is 9.69 Å². The van der Waals surface area contributed by atoms with Crippen molar-refractivity contribution in [1.82, 2.24) is 10.2 Å². The fourth-order valence-corrected chi connectivity index (χ4v) is 3.49. The number of carbonyl (C=O) groups excluding carboxylic acids is 1. The highest BCUT2D eigenvalue weighted by Crippen LogP contribution is 2.19. The highest BCUT2D eigenvalue weighted by molar-refractivity contribution is 7.07. The zero-order chi connectivity index (χ0) is 14.5. The molecule has 0 aromatic carbocycles. The summed E-state index contributed by atoms with van der Waals surface area (Å²) in [6.45, 7) is 3.94. The van der Waals surface area contributed by atoms with Gasteiger partial charge in [-0.1, -0.05) is 0 Å². The van der Waals surface area contributed by atoms with Gasteiger partial charge in [0.2, 0.25) is 0 Å². The minimum atomic E-state index is -0.116. The molecule has 1 aliphatic heterocycles. The molecule has 3 heterocycles. The molecule has 1 aliphatic rings. The Morgan fingerprint density at radius 2 is 2.43 bits per heavy atom. The summed E-state index contributed by atoms with van der Waals surface area (Å²) in [6.07, 6.45) is 3.90. The van der Waals surface area contributed by atoms with E-state index in [4.69, 9.17) is 4.42 Å². The normalized spacial score (nSPS) is 19.5. The maximum atomic E-state index is 11.9. The Balaban J connectivity index is 1.46. The highest BCUT2D eigenvalue weighted by Gasteiger charge is 2.21. The number of furan rings is 1. The second kappa shape index (κ2) is 6.91. The average molecular weight is 304 g/mol. The summed E-state index contributed by atoms with van der Waals surface area (Å²) < 4.78 is 5.11. The molecule has 1 amide bonds. The van der Waals surface area contributed by atoms with E-state index in [1.54, 1.807) is 23.5 Å². The molecule has 21 heavy (non-hydrogen) atoms. The number of nitrogens with zero attached hydrogens (tertiary/aromatic N) is 1. The third-order valence-electron chi connectivity index (χ3n) is 3.89. The number of carbonyl (C=O) groups is 1.